The van der Waals surface area contributed by atoms with Gasteiger partial charge in [-0.1, -0.05) is 29.8 Å². The summed E-state index contributed by atoms with van der Waals surface area (Å²) in [6.07, 6.45) is -0.241. The number of aliphatic hydroxyl groups is 1. The zero-order valence-electron chi connectivity index (χ0n) is 13.2. The summed E-state index contributed by atoms with van der Waals surface area (Å²) in [6, 6.07) is 6.83. The fourth-order valence-corrected chi connectivity index (χ4v) is 2.77. The van der Waals surface area contributed by atoms with E-state index in [1.54, 1.807) is 0 Å². The minimum absolute atomic E-state index is 0.110. The summed E-state index contributed by atoms with van der Waals surface area (Å²) in [5.41, 5.74) is 2.85. The van der Waals surface area contributed by atoms with Crippen molar-refractivity contribution in [3.05, 3.63) is 35.2 Å². The molecule has 0 aliphatic carbocycles. The number of rotatable bonds is 8. The first-order valence-electron chi connectivity index (χ1n) is 7.39. The van der Waals surface area contributed by atoms with Crippen molar-refractivity contribution in [1.82, 2.24) is 10.3 Å². The summed E-state index contributed by atoms with van der Waals surface area (Å²) in [4.78, 5) is 27.4. The summed E-state index contributed by atoms with van der Waals surface area (Å²) in [6.45, 7) is 1.91. The molecule has 0 radical (unpaired) electrons. The molecule has 7 nitrogen and oxygen atoms in total. The van der Waals surface area contributed by atoms with Gasteiger partial charge in [-0.15, -0.1) is 11.3 Å². The van der Waals surface area contributed by atoms with Crippen LogP contribution in [-0.2, 0) is 9.59 Å². The van der Waals surface area contributed by atoms with E-state index in [1.165, 1.54) is 11.3 Å². The number of aliphatic carboxylic acids is 1. The van der Waals surface area contributed by atoms with Crippen LogP contribution in [0.2, 0.25) is 0 Å². The molecular weight excluding hydrogens is 330 g/mol. The van der Waals surface area contributed by atoms with E-state index in [1.807, 2.05) is 36.6 Å². The van der Waals surface area contributed by atoms with E-state index in [0.29, 0.717) is 5.13 Å². The Morgan fingerprint density at radius 1 is 1.29 bits per heavy atom. The van der Waals surface area contributed by atoms with E-state index < -0.39 is 17.9 Å². The van der Waals surface area contributed by atoms with E-state index in [-0.39, 0.29) is 19.6 Å². The standard InChI is InChI=1S/C16H19N3O4S/c1-10-2-4-11(5-3-10)13-9-24-16(18-13)19-14(21)8-12(15(22)23)17-6-7-20/h2-5,9,12,17,20H,6-8H2,1H3,(H,22,23)(H,18,19,21)/t12-/m0/s1. The predicted molar refractivity (Wildman–Crippen MR) is 92.0 cm³/mol. The maximum atomic E-state index is 12.0. The highest BCUT2D eigenvalue weighted by Gasteiger charge is 2.21. The van der Waals surface area contributed by atoms with Gasteiger partial charge in [0, 0.05) is 17.5 Å². The van der Waals surface area contributed by atoms with Crippen molar-refractivity contribution in [2.75, 3.05) is 18.5 Å². The Hall–Kier alpha value is -2.29. The first kappa shape index (κ1) is 18.1. The third kappa shape index (κ3) is 5.12. The second kappa shape index (κ2) is 8.53. The van der Waals surface area contributed by atoms with E-state index in [0.717, 1.165) is 16.8 Å². The minimum atomic E-state index is -1.14. The molecule has 4 N–H and O–H groups in total. The molecule has 24 heavy (non-hydrogen) atoms. The average Bonchev–Trinajstić information content (AvgIpc) is 3.00. The van der Waals surface area contributed by atoms with Crippen LogP contribution < -0.4 is 10.6 Å². The van der Waals surface area contributed by atoms with Gasteiger partial charge >= 0.3 is 5.97 Å². The van der Waals surface area contributed by atoms with Crippen molar-refractivity contribution in [3.63, 3.8) is 0 Å². The lowest BCUT2D eigenvalue weighted by Crippen LogP contribution is -2.41. The van der Waals surface area contributed by atoms with Crippen LogP contribution in [0.3, 0.4) is 0 Å². The number of aryl methyl sites for hydroxylation is 1. The van der Waals surface area contributed by atoms with Crippen molar-refractivity contribution < 1.29 is 19.8 Å². The number of nitrogens with one attached hydrogen (secondary N) is 2. The molecule has 2 rings (SSSR count). The Morgan fingerprint density at radius 2 is 2.00 bits per heavy atom. The summed E-state index contributed by atoms with van der Waals surface area (Å²) >= 11 is 1.28. The molecule has 1 aromatic heterocycles. The zero-order chi connectivity index (χ0) is 17.5. The third-order valence-electron chi connectivity index (χ3n) is 3.29. The number of amides is 1. The number of carbonyl (C=O) groups is 2. The van der Waals surface area contributed by atoms with E-state index in [2.05, 4.69) is 15.6 Å². The van der Waals surface area contributed by atoms with E-state index >= 15 is 0 Å². The van der Waals surface area contributed by atoms with Crippen LogP contribution in [-0.4, -0.2) is 46.3 Å². The van der Waals surface area contributed by atoms with Gasteiger partial charge < -0.3 is 20.8 Å². The first-order chi connectivity index (χ1) is 11.5. The van der Waals surface area contributed by atoms with Crippen molar-refractivity contribution in [3.8, 4) is 11.3 Å². The van der Waals surface area contributed by atoms with E-state index in [9.17, 15) is 9.59 Å². The number of aromatic nitrogens is 1. The Bertz CT molecular complexity index is 700. The summed E-state index contributed by atoms with van der Waals surface area (Å²) in [5, 5.41) is 25.2. The largest absolute Gasteiger partial charge is 0.480 e. The number of thiazole rings is 1. The van der Waals surface area contributed by atoms with Crippen LogP contribution >= 0.6 is 11.3 Å². The molecule has 0 aliphatic rings. The number of aliphatic hydroxyl groups excluding tert-OH is 1. The van der Waals surface area contributed by atoms with Crippen LogP contribution in [0.15, 0.2) is 29.6 Å². The summed E-state index contributed by atoms with van der Waals surface area (Å²) in [5.74, 6) is -1.59. The molecular formula is C16H19N3O4S. The van der Waals surface area contributed by atoms with Gasteiger partial charge in [-0.05, 0) is 6.92 Å². The predicted octanol–water partition coefficient (Wildman–Crippen LogP) is 1.48. The molecule has 2 aromatic rings. The monoisotopic (exact) mass is 349 g/mol. The summed E-state index contributed by atoms with van der Waals surface area (Å²) < 4.78 is 0. The molecule has 0 aliphatic heterocycles. The average molecular weight is 349 g/mol. The van der Waals surface area contributed by atoms with Gasteiger partial charge in [0.15, 0.2) is 5.13 Å². The van der Waals surface area contributed by atoms with E-state index in [4.69, 9.17) is 10.2 Å². The fraction of sp³-hybridized carbons (Fsp3) is 0.312. The van der Waals surface area contributed by atoms with Crippen LogP contribution in [0.25, 0.3) is 11.3 Å². The number of anilines is 1. The molecule has 0 unspecified atom stereocenters. The van der Waals surface area contributed by atoms with Crippen molar-refractivity contribution in [1.29, 1.82) is 0 Å². The normalized spacial score (nSPS) is 11.9. The van der Waals surface area contributed by atoms with Crippen LogP contribution in [0.1, 0.15) is 12.0 Å². The van der Waals surface area contributed by atoms with Gasteiger partial charge in [-0.25, -0.2) is 4.98 Å². The van der Waals surface area contributed by atoms with Crippen LogP contribution in [0, 0.1) is 6.92 Å². The Morgan fingerprint density at radius 3 is 2.62 bits per heavy atom. The number of hydrogen-bond donors (Lipinski definition) is 4. The highest BCUT2D eigenvalue weighted by Crippen LogP contribution is 2.25. The fourth-order valence-electron chi connectivity index (χ4n) is 2.03. The molecule has 128 valence electrons. The molecule has 0 saturated heterocycles. The van der Waals surface area contributed by atoms with Crippen molar-refractivity contribution in [2.45, 2.75) is 19.4 Å². The SMILES string of the molecule is Cc1ccc(-c2csc(NC(=O)C[C@H](NCCO)C(=O)O)n2)cc1. The first-order valence-corrected chi connectivity index (χ1v) is 8.27. The quantitative estimate of drug-likeness (QED) is 0.574. The number of carboxylic acid groups (broad SMARTS) is 1. The summed E-state index contributed by atoms with van der Waals surface area (Å²) in [7, 11) is 0. The molecule has 1 heterocycles. The van der Waals surface area contributed by atoms with Crippen molar-refractivity contribution >= 4 is 28.3 Å². The molecule has 8 heteroatoms. The topological polar surface area (TPSA) is 112 Å². The lowest BCUT2D eigenvalue weighted by atomic mass is 10.1. The number of carboxylic acids is 1. The molecule has 0 fully saturated rings. The maximum absolute atomic E-state index is 12.0. The molecule has 1 aromatic carbocycles. The third-order valence-corrected chi connectivity index (χ3v) is 4.05. The molecule has 0 bridgehead atoms. The number of carbonyl (C=O) groups excluding carboxylic acids is 1. The Labute approximate surface area is 143 Å². The van der Waals surface area contributed by atoms with Gasteiger partial charge in [-0.2, -0.15) is 0 Å². The second-order valence-electron chi connectivity index (χ2n) is 5.22. The molecule has 0 spiro atoms. The van der Waals surface area contributed by atoms with Crippen LogP contribution in [0.4, 0.5) is 5.13 Å². The molecule has 1 atom stereocenters. The molecule has 1 amide bonds. The van der Waals surface area contributed by atoms with Gasteiger partial charge in [-0.3, -0.25) is 9.59 Å². The van der Waals surface area contributed by atoms with Gasteiger partial charge in [0.2, 0.25) is 5.91 Å². The lowest BCUT2D eigenvalue weighted by Gasteiger charge is -2.12. The second-order valence-corrected chi connectivity index (χ2v) is 6.08. The molecule has 0 saturated carbocycles. The van der Waals surface area contributed by atoms with Gasteiger partial charge in [0.25, 0.3) is 0 Å². The Kier molecular flexibility index (Phi) is 6.42. The Balaban J connectivity index is 1.97. The highest BCUT2D eigenvalue weighted by molar-refractivity contribution is 7.14. The number of hydrogen-bond acceptors (Lipinski definition) is 6. The highest BCUT2D eigenvalue weighted by atomic mass is 32.1. The van der Waals surface area contributed by atoms with Crippen LogP contribution in [0.5, 0.6) is 0 Å². The van der Waals surface area contributed by atoms with Crippen molar-refractivity contribution in [2.24, 2.45) is 0 Å². The number of nitrogens with zero attached hydrogens (tertiary/aromatic N) is 1. The minimum Gasteiger partial charge on any atom is -0.480 e. The zero-order valence-corrected chi connectivity index (χ0v) is 14.0. The number of benzene rings is 1. The maximum Gasteiger partial charge on any atom is 0.321 e. The lowest BCUT2D eigenvalue weighted by molar-refractivity contribution is -0.141. The smallest absolute Gasteiger partial charge is 0.321 e. The van der Waals surface area contributed by atoms with Gasteiger partial charge in [0.05, 0.1) is 18.7 Å². The van der Waals surface area contributed by atoms with Gasteiger partial charge in [0.1, 0.15) is 6.04 Å².